The molecule has 0 aromatic heterocycles. The molecule has 1 amide bonds. The topological polar surface area (TPSA) is 70.1 Å². The van der Waals surface area contributed by atoms with Gasteiger partial charge in [0.2, 0.25) is 5.91 Å². The lowest BCUT2D eigenvalue weighted by molar-refractivity contribution is -0.129. The molecule has 2 rings (SSSR count). The van der Waals surface area contributed by atoms with Gasteiger partial charge in [-0.1, -0.05) is 25.3 Å². The Morgan fingerprint density at radius 3 is 2.70 bits per heavy atom. The Balaban J connectivity index is 2.24. The quantitative estimate of drug-likeness (QED) is 0.917. The highest BCUT2D eigenvalue weighted by Gasteiger charge is 2.40. The normalized spacial score (nSPS) is 17.2. The van der Waals surface area contributed by atoms with E-state index in [-0.39, 0.29) is 5.91 Å². The van der Waals surface area contributed by atoms with Crippen molar-refractivity contribution < 1.29 is 4.79 Å². The van der Waals surface area contributed by atoms with E-state index >= 15 is 0 Å². The van der Waals surface area contributed by atoms with Crippen molar-refractivity contribution in [1.82, 2.24) is 0 Å². The second kappa shape index (κ2) is 6.06. The number of nitrogens with two attached hydrogens (primary N) is 1. The lowest BCUT2D eigenvalue weighted by Gasteiger charge is -2.37. The summed E-state index contributed by atoms with van der Waals surface area (Å²) >= 11 is 0. The summed E-state index contributed by atoms with van der Waals surface area (Å²) in [6.45, 7) is 0.397. The summed E-state index contributed by atoms with van der Waals surface area (Å²) in [6.07, 6.45) is 5.04. The van der Waals surface area contributed by atoms with Crippen LogP contribution in [0.1, 0.15) is 37.7 Å². The van der Waals surface area contributed by atoms with Gasteiger partial charge in [-0.25, -0.2) is 0 Å². The Kier molecular flexibility index (Phi) is 4.41. The van der Waals surface area contributed by atoms with E-state index in [0.717, 1.165) is 31.4 Å². The number of benzene rings is 1. The summed E-state index contributed by atoms with van der Waals surface area (Å²) in [5.74, 6) is 0.0785. The first kappa shape index (κ1) is 14.5. The minimum absolute atomic E-state index is 0.0785. The Labute approximate surface area is 120 Å². The van der Waals surface area contributed by atoms with Crippen LogP contribution >= 0.6 is 0 Å². The van der Waals surface area contributed by atoms with E-state index < -0.39 is 5.41 Å². The predicted octanol–water partition coefficient (Wildman–Crippen LogP) is 2.43. The van der Waals surface area contributed by atoms with Crippen LogP contribution in [0.3, 0.4) is 0 Å². The van der Waals surface area contributed by atoms with Gasteiger partial charge in [0.1, 0.15) is 0 Å². The lowest BCUT2D eigenvalue weighted by Crippen LogP contribution is -2.48. The number of hydrogen-bond donors (Lipinski definition) is 1. The van der Waals surface area contributed by atoms with E-state index in [4.69, 9.17) is 11.0 Å². The molecule has 2 N–H and O–H groups in total. The van der Waals surface area contributed by atoms with Gasteiger partial charge in [-0.3, -0.25) is 4.79 Å². The SMILES string of the molecule is CN(C(=O)C1(CN)CCCCC1)c1cccc(C#N)c1. The molecular weight excluding hydrogens is 250 g/mol. The van der Waals surface area contributed by atoms with Crippen LogP contribution < -0.4 is 10.6 Å². The summed E-state index contributed by atoms with van der Waals surface area (Å²) in [5, 5.41) is 8.95. The Morgan fingerprint density at radius 2 is 2.10 bits per heavy atom. The lowest BCUT2D eigenvalue weighted by atomic mass is 9.73. The minimum Gasteiger partial charge on any atom is -0.329 e. The zero-order valence-corrected chi connectivity index (χ0v) is 11.9. The van der Waals surface area contributed by atoms with Crippen molar-refractivity contribution in [2.45, 2.75) is 32.1 Å². The maximum absolute atomic E-state index is 12.8. The molecule has 0 spiro atoms. The summed E-state index contributed by atoms with van der Waals surface area (Å²) in [5.41, 5.74) is 6.81. The molecule has 0 atom stereocenters. The molecule has 0 saturated heterocycles. The van der Waals surface area contributed by atoms with E-state index in [1.165, 1.54) is 6.42 Å². The Morgan fingerprint density at radius 1 is 1.40 bits per heavy atom. The van der Waals surface area contributed by atoms with Crippen LogP contribution in [0.15, 0.2) is 24.3 Å². The third-order valence-corrected chi connectivity index (χ3v) is 4.32. The standard InChI is InChI=1S/C16H21N3O/c1-19(14-7-5-6-13(10-14)11-17)15(20)16(12-18)8-3-2-4-9-16/h5-7,10H,2-4,8-9,12,18H2,1H3. The fourth-order valence-electron chi connectivity index (χ4n) is 2.99. The molecule has 4 heteroatoms. The van der Waals surface area contributed by atoms with E-state index in [0.29, 0.717) is 12.1 Å². The maximum atomic E-state index is 12.8. The summed E-state index contributed by atoms with van der Waals surface area (Å²) in [4.78, 5) is 14.5. The van der Waals surface area contributed by atoms with Crippen LogP contribution in [0.25, 0.3) is 0 Å². The van der Waals surface area contributed by atoms with Gasteiger partial charge in [0, 0.05) is 19.3 Å². The largest absolute Gasteiger partial charge is 0.329 e. The van der Waals surface area contributed by atoms with Gasteiger partial charge in [-0.15, -0.1) is 0 Å². The first-order chi connectivity index (χ1) is 9.63. The number of carbonyl (C=O) groups is 1. The van der Waals surface area contributed by atoms with Gasteiger partial charge in [0.15, 0.2) is 0 Å². The molecule has 0 radical (unpaired) electrons. The van der Waals surface area contributed by atoms with Crippen LogP contribution in [-0.2, 0) is 4.79 Å². The molecule has 0 bridgehead atoms. The minimum atomic E-state index is -0.421. The van der Waals surface area contributed by atoms with E-state index in [9.17, 15) is 4.79 Å². The summed E-state index contributed by atoms with van der Waals surface area (Å²) in [7, 11) is 1.77. The van der Waals surface area contributed by atoms with Gasteiger partial charge in [0.25, 0.3) is 0 Å². The molecule has 0 heterocycles. The van der Waals surface area contributed by atoms with Crippen LogP contribution in [0, 0.1) is 16.7 Å². The summed E-state index contributed by atoms with van der Waals surface area (Å²) < 4.78 is 0. The zero-order chi connectivity index (χ0) is 14.6. The molecule has 0 aliphatic heterocycles. The maximum Gasteiger partial charge on any atom is 0.234 e. The zero-order valence-electron chi connectivity index (χ0n) is 11.9. The Bertz CT molecular complexity index is 527. The van der Waals surface area contributed by atoms with Gasteiger partial charge >= 0.3 is 0 Å². The average molecular weight is 271 g/mol. The highest BCUT2D eigenvalue weighted by atomic mass is 16.2. The van der Waals surface area contributed by atoms with Crippen LogP contribution in [0.2, 0.25) is 0 Å². The third kappa shape index (κ3) is 2.68. The van der Waals surface area contributed by atoms with Crippen LogP contribution in [-0.4, -0.2) is 19.5 Å². The number of anilines is 1. The number of amides is 1. The molecule has 1 aliphatic rings. The molecule has 0 unspecified atom stereocenters. The average Bonchev–Trinajstić information content (AvgIpc) is 2.54. The fourth-order valence-corrected chi connectivity index (χ4v) is 2.99. The number of nitrogens with zero attached hydrogens (tertiary/aromatic N) is 2. The molecule has 1 fully saturated rings. The molecule has 1 aromatic carbocycles. The molecule has 4 nitrogen and oxygen atoms in total. The number of nitriles is 1. The molecule has 1 aromatic rings. The number of rotatable bonds is 3. The second-order valence-electron chi connectivity index (χ2n) is 5.57. The monoisotopic (exact) mass is 271 g/mol. The molecular formula is C16H21N3O. The van der Waals surface area contributed by atoms with E-state index in [1.807, 2.05) is 6.07 Å². The summed E-state index contributed by atoms with van der Waals surface area (Å²) in [6, 6.07) is 9.23. The van der Waals surface area contributed by atoms with Gasteiger partial charge < -0.3 is 10.6 Å². The molecule has 20 heavy (non-hydrogen) atoms. The van der Waals surface area contributed by atoms with Crippen molar-refractivity contribution in [2.24, 2.45) is 11.1 Å². The van der Waals surface area contributed by atoms with Crippen molar-refractivity contribution in [3.8, 4) is 6.07 Å². The van der Waals surface area contributed by atoms with Crippen LogP contribution in [0.4, 0.5) is 5.69 Å². The van der Waals surface area contributed by atoms with Crippen molar-refractivity contribution in [1.29, 1.82) is 5.26 Å². The highest BCUT2D eigenvalue weighted by Crippen LogP contribution is 2.37. The smallest absolute Gasteiger partial charge is 0.234 e. The van der Waals surface area contributed by atoms with Crippen molar-refractivity contribution in [2.75, 3.05) is 18.5 Å². The van der Waals surface area contributed by atoms with Gasteiger partial charge in [-0.05, 0) is 31.0 Å². The van der Waals surface area contributed by atoms with Crippen molar-refractivity contribution in [3.05, 3.63) is 29.8 Å². The Hall–Kier alpha value is -1.86. The first-order valence-corrected chi connectivity index (χ1v) is 7.11. The highest BCUT2D eigenvalue weighted by molar-refractivity contribution is 5.97. The second-order valence-corrected chi connectivity index (χ2v) is 5.57. The first-order valence-electron chi connectivity index (χ1n) is 7.11. The van der Waals surface area contributed by atoms with Gasteiger partial charge in [-0.2, -0.15) is 5.26 Å². The molecule has 1 aliphatic carbocycles. The molecule has 106 valence electrons. The predicted molar refractivity (Wildman–Crippen MR) is 79.1 cm³/mol. The van der Waals surface area contributed by atoms with Gasteiger partial charge in [0.05, 0.1) is 17.0 Å². The number of hydrogen-bond acceptors (Lipinski definition) is 3. The van der Waals surface area contributed by atoms with E-state index in [1.54, 1.807) is 30.1 Å². The molecule has 1 saturated carbocycles. The van der Waals surface area contributed by atoms with Crippen molar-refractivity contribution >= 4 is 11.6 Å². The van der Waals surface area contributed by atoms with Crippen molar-refractivity contribution in [3.63, 3.8) is 0 Å². The fraction of sp³-hybridized carbons (Fsp3) is 0.500. The number of carbonyl (C=O) groups excluding carboxylic acids is 1. The van der Waals surface area contributed by atoms with E-state index in [2.05, 4.69) is 6.07 Å². The third-order valence-electron chi connectivity index (χ3n) is 4.32. The van der Waals surface area contributed by atoms with Crippen LogP contribution in [0.5, 0.6) is 0 Å².